The van der Waals surface area contributed by atoms with Gasteiger partial charge in [0, 0.05) is 0 Å². The fourth-order valence-corrected chi connectivity index (χ4v) is 0.440. The van der Waals surface area contributed by atoms with Crippen molar-refractivity contribution in [2.24, 2.45) is 0 Å². The van der Waals surface area contributed by atoms with E-state index < -0.39 is 12.0 Å². The van der Waals surface area contributed by atoms with Crippen LogP contribution in [0.15, 0.2) is 0 Å². The van der Waals surface area contributed by atoms with Crippen LogP contribution in [0.1, 0.15) is 6.92 Å². The molecule has 2 N–H and O–H groups in total. The Labute approximate surface area is 64.0 Å². The van der Waals surface area contributed by atoms with Crippen LogP contribution in [0.5, 0.6) is 0 Å². The molecule has 0 rings (SSSR count). The van der Waals surface area contributed by atoms with Gasteiger partial charge >= 0.3 is 5.97 Å². The van der Waals surface area contributed by atoms with Crippen LogP contribution in [0.4, 0.5) is 0 Å². The van der Waals surface area contributed by atoms with Crippen molar-refractivity contribution in [2.75, 3.05) is 5.75 Å². The maximum absolute atomic E-state index is 10.5. The maximum atomic E-state index is 10.5. The number of carbonyl (C=O) groups excluding carboxylic acids is 1. The molecule has 0 spiro atoms. The molecular formula is C5H9NO3S. The third-order valence-electron chi connectivity index (χ3n) is 0.892. The van der Waals surface area contributed by atoms with Crippen molar-refractivity contribution in [3.63, 3.8) is 0 Å². The molecule has 0 fully saturated rings. The first-order valence-electron chi connectivity index (χ1n) is 2.71. The number of carboxylic acids is 1. The first kappa shape index (κ1) is 9.29. The fraction of sp³-hybridized carbons (Fsp3) is 0.600. The van der Waals surface area contributed by atoms with Crippen LogP contribution in [0.2, 0.25) is 0 Å². The van der Waals surface area contributed by atoms with Gasteiger partial charge in [-0.2, -0.15) is 12.6 Å². The molecule has 0 radical (unpaired) electrons. The lowest BCUT2D eigenvalue weighted by Gasteiger charge is -2.06. The van der Waals surface area contributed by atoms with Crippen LogP contribution >= 0.6 is 12.6 Å². The molecule has 10 heavy (non-hydrogen) atoms. The van der Waals surface area contributed by atoms with E-state index in [2.05, 4.69) is 17.9 Å². The molecule has 0 bridgehead atoms. The standard InChI is InChI=1S/C5H9NO3S/c1-3(5(8)9)6-4(7)2-10/h3,10H,2H2,1H3,(H,6,7)(H,8,9). The monoisotopic (exact) mass is 163 g/mol. The van der Waals surface area contributed by atoms with E-state index in [9.17, 15) is 9.59 Å². The summed E-state index contributed by atoms with van der Waals surface area (Å²) in [6, 6.07) is -0.834. The zero-order valence-corrected chi connectivity index (χ0v) is 6.39. The molecule has 0 saturated heterocycles. The number of carbonyl (C=O) groups is 2. The van der Waals surface area contributed by atoms with Gasteiger partial charge in [0.05, 0.1) is 5.75 Å². The highest BCUT2D eigenvalue weighted by molar-refractivity contribution is 7.81. The molecule has 0 heterocycles. The van der Waals surface area contributed by atoms with Gasteiger partial charge in [0.25, 0.3) is 0 Å². The molecule has 0 aliphatic rings. The molecule has 1 unspecified atom stereocenters. The quantitative estimate of drug-likeness (QED) is 0.492. The van der Waals surface area contributed by atoms with Crippen molar-refractivity contribution in [3.05, 3.63) is 0 Å². The fourth-order valence-electron chi connectivity index (χ4n) is 0.349. The van der Waals surface area contributed by atoms with Crippen LogP contribution < -0.4 is 5.32 Å². The second-order valence-electron chi connectivity index (χ2n) is 1.79. The zero-order chi connectivity index (χ0) is 8.15. The molecule has 1 atom stereocenters. The summed E-state index contributed by atoms with van der Waals surface area (Å²) in [5.74, 6) is -1.41. The van der Waals surface area contributed by atoms with Crippen molar-refractivity contribution >= 4 is 24.5 Å². The zero-order valence-electron chi connectivity index (χ0n) is 5.50. The number of hydrogen-bond donors (Lipinski definition) is 3. The molecule has 0 aromatic rings. The lowest BCUT2D eigenvalue weighted by Crippen LogP contribution is -2.38. The Hall–Kier alpha value is -0.710. The van der Waals surface area contributed by atoms with Gasteiger partial charge < -0.3 is 10.4 Å². The van der Waals surface area contributed by atoms with E-state index in [1.54, 1.807) is 0 Å². The van der Waals surface area contributed by atoms with E-state index in [1.165, 1.54) is 6.92 Å². The first-order valence-corrected chi connectivity index (χ1v) is 3.34. The molecule has 0 aromatic carbocycles. The average molecular weight is 163 g/mol. The third kappa shape index (κ3) is 3.34. The summed E-state index contributed by atoms with van der Waals surface area (Å²) in [5.41, 5.74) is 0. The highest BCUT2D eigenvalue weighted by atomic mass is 32.1. The minimum absolute atomic E-state index is 0.0115. The second-order valence-corrected chi connectivity index (χ2v) is 2.10. The summed E-state index contributed by atoms with van der Waals surface area (Å²) in [7, 11) is 0. The van der Waals surface area contributed by atoms with Crippen molar-refractivity contribution in [1.82, 2.24) is 5.32 Å². The average Bonchev–Trinajstić information content (AvgIpc) is 1.87. The summed E-state index contributed by atoms with van der Waals surface area (Å²) in [5, 5.41) is 10.5. The minimum atomic E-state index is -1.05. The predicted molar refractivity (Wildman–Crippen MR) is 39.1 cm³/mol. The number of hydrogen-bond acceptors (Lipinski definition) is 3. The molecule has 58 valence electrons. The number of aliphatic carboxylic acids is 1. The van der Waals surface area contributed by atoms with E-state index >= 15 is 0 Å². The molecule has 4 nitrogen and oxygen atoms in total. The van der Waals surface area contributed by atoms with Gasteiger partial charge in [-0.1, -0.05) is 0 Å². The minimum Gasteiger partial charge on any atom is -0.480 e. The molecule has 0 saturated carbocycles. The number of thiol groups is 1. The second kappa shape index (κ2) is 4.16. The molecule has 0 aromatic heterocycles. The predicted octanol–water partition coefficient (Wildman–Crippen LogP) is -0.494. The lowest BCUT2D eigenvalue weighted by atomic mass is 10.3. The Balaban J connectivity index is 3.68. The Morgan fingerprint density at radius 2 is 2.20 bits per heavy atom. The van der Waals surface area contributed by atoms with Gasteiger partial charge in [-0.05, 0) is 6.92 Å². The van der Waals surface area contributed by atoms with Crippen molar-refractivity contribution in [3.8, 4) is 0 Å². The first-order chi connectivity index (χ1) is 4.57. The third-order valence-corrected chi connectivity index (χ3v) is 1.18. The summed E-state index contributed by atoms with van der Waals surface area (Å²) in [4.78, 5) is 20.6. The van der Waals surface area contributed by atoms with E-state index in [0.29, 0.717) is 0 Å². The van der Waals surface area contributed by atoms with Gasteiger partial charge in [0.2, 0.25) is 5.91 Å². The summed E-state index contributed by atoms with van der Waals surface area (Å²) in [6.45, 7) is 1.39. The van der Waals surface area contributed by atoms with Crippen molar-refractivity contribution in [2.45, 2.75) is 13.0 Å². The van der Waals surface area contributed by atoms with E-state index in [-0.39, 0.29) is 11.7 Å². The molecule has 0 aliphatic carbocycles. The molecule has 1 amide bonds. The Bertz CT molecular complexity index is 148. The topological polar surface area (TPSA) is 66.4 Å². The summed E-state index contributed by atoms with van der Waals surface area (Å²) >= 11 is 3.65. The van der Waals surface area contributed by atoms with E-state index in [1.807, 2.05) is 0 Å². The van der Waals surface area contributed by atoms with E-state index in [4.69, 9.17) is 5.11 Å². The van der Waals surface area contributed by atoms with Crippen LogP contribution in [-0.4, -0.2) is 28.8 Å². The van der Waals surface area contributed by atoms with Gasteiger partial charge in [-0.3, -0.25) is 9.59 Å². The highest BCUT2D eigenvalue weighted by Gasteiger charge is 2.11. The van der Waals surface area contributed by atoms with Crippen LogP contribution in [0.25, 0.3) is 0 Å². The number of amides is 1. The van der Waals surface area contributed by atoms with Gasteiger partial charge in [0.1, 0.15) is 6.04 Å². The SMILES string of the molecule is CC(NC(=O)CS)C(=O)O. The number of nitrogens with one attached hydrogen (secondary N) is 1. The lowest BCUT2D eigenvalue weighted by molar-refractivity contribution is -0.140. The largest absolute Gasteiger partial charge is 0.480 e. The number of rotatable bonds is 3. The highest BCUT2D eigenvalue weighted by Crippen LogP contribution is 1.81. The Morgan fingerprint density at radius 1 is 1.70 bits per heavy atom. The Morgan fingerprint density at radius 3 is 2.50 bits per heavy atom. The number of carboxylic acid groups (broad SMARTS) is 1. The van der Waals surface area contributed by atoms with Gasteiger partial charge in [0.15, 0.2) is 0 Å². The van der Waals surface area contributed by atoms with Crippen LogP contribution in [0, 0.1) is 0 Å². The molecule has 5 heteroatoms. The van der Waals surface area contributed by atoms with Crippen LogP contribution in [-0.2, 0) is 9.59 Å². The Kier molecular flexibility index (Phi) is 3.87. The van der Waals surface area contributed by atoms with Crippen LogP contribution in [0.3, 0.4) is 0 Å². The van der Waals surface area contributed by atoms with Crippen molar-refractivity contribution in [1.29, 1.82) is 0 Å². The summed E-state index contributed by atoms with van der Waals surface area (Å²) in [6.07, 6.45) is 0. The van der Waals surface area contributed by atoms with E-state index in [0.717, 1.165) is 0 Å². The van der Waals surface area contributed by atoms with Gasteiger partial charge in [-0.15, -0.1) is 0 Å². The maximum Gasteiger partial charge on any atom is 0.325 e. The molecule has 0 aliphatic heterocycles. The normalized spacial score (nSPS) is 12.2. The summed E-state index contributed by atoms with van der Waals surface area (Å²) < 4.78 is 0. The molecular weight excluding hydrogens is 154 g/mol. The van der Waals surface area contributed by atoms with Gasteiger partial charge in [-0.25, -0.2) is 0 Å². The van der Waals surface area contributed by atoms with Crippen molar-refractivity contribution < 1.29 is 14.7 Å². The smallest absolute Gasteiger partial charge is 0.325 e.